The molecule has 1 saturated heterocycles. The van der Waals surface area contributed by atoms with Gasteiger partial charge in [0.15, 0.2) is 5.11 Å². The molecule has 0 spiro atoms. The molecule has 2 aromatic carbocycles. The summed E-state index contributed by atoms with van der Waals surface area (Å²) in [6.07, 6.45) is 3.52. The molecule has 2 heterocycles. The van der Waals surface area contributed by atoms with E-state index in [-0.39, 0.29) is 10.7 Å². The Bertz CT molecular complexity index is 1070. The van der Waals surface area contributed by atoms with Gasteiger partial charge in [0.1, 0.15) is 5.57 Å². The Kier molecular flexibility index (Phi) is 5.88. The lowest BCUT2D eigenvalue weighted by atomic mass is 10.0. The van der Waals surface area contributed by atoms with Crippen LogP contribution in [-0.2, 0) is 16.0 Å². The van der Waals surface area contributed by atoms with Crippen LogP contribution < -0.4 is 15.1 Å². The molecule has 2 amide bonds. The van der Waals surface area contributed by atoms with Crippen LogP contribution in [0.5, 0.6) is 0 Å². The van der Waals surface area contributed by atoms with Gasteiger partial charge in [0.25, 0.3) is 11.8 Å². The van der Waals surface area contributed by atoms with Crippen molar-refractivity contribution in [2.45, 2.75) is 19.8 Å². The van der Waals surface area contributed by atoms with E-state index in [0.717, 1.165) is 37.1 Å². The number of thiocarbonyl (C=S) groups is 1. The molecule has 154 valence electrons. The molecule has 1 N–H and O–H groups in total. The molecule has 2 aliphatic heterocycles. The number of hydrogen-bond donors (Lipinski definition) is 1. The maximum atomic E-state index is 13.2. The molecule has 30 heavy (non-hydrogen) atoms. The van der Waals surface area contributed by atoms with Gasteiger partial charge in [-0.25, -0.2) is 0 Å². The van der Waals surface area contributed by atoms with Gasteiger partial charge in [-0.15, -0.1) is 11.6 Å². The Morgan fingerprint density at radius 2 is 2.03 bits per heavy atom. The summed E-state index contributed by atoms with van der Waals surface area (Å²) in [5.41, 5.74) is 4.95. The van der Waals surface area contributed by atoms with Gasteiger partial charge in [-0.3, -0.25) is 19.8 Å². The zero-order chi connectivity index (χ0) is 21.3. The smallest absolute Gasteiger partial charge is 0.270 e. The van der Waals surface area contributed by atoms with E-state index in [1.807, 2.05) is 37.3 Å². The van der Waals surface area contributed by atoms with Gasteiger partial charge in [-0.05, 0) is 79.0 Å². The van der Waals surface area contributed by atoms with E-state index in [1.165, 1.54) is 16.2 Å². The van der Waals surface area contributed by atoms with Crippen LogP contribution >= 0.6 is 23.8 Å². The normalized spacial score (nSPS) is 17.5. The molecular formula is C23H22ClN3O2S. The Hall–Kier alpha value is -2.70. The van der Waals surface area contributed by atoms with E-state index in [4.69, 9.17) is 23.8 Å². The van der Waals surface area contributed by atoms with Crippen LogP contribution in [0.15, 0.2) is 48.0 Å². The number of nitrogens with one attached hydrogen (secondary N) is 1. The van der Waals surface area contributed by atoms with Gasteiger partial charge in [0.2, 0.25) is 0 Å². The Morgan fingerprint density at radius 3 is 2.80 bits per heavy atom. The van der Waals surface area contributed by atoms with Crippen LogP contribution in [-0.4, -0.2) is 35.9 Å². The van der Waals surface area contributed by atoms with E-state index < -0.39 is 11.8 Å². The number of nitrogens with zero attached hydrogens (tertiary/aromatic N) is 2. The predicted molar refractivity (Wildman–Crippen MR) is 125 cm³/mol. The van der Waals surface area contributed by atoms with Crippen molar-refractivity contribution in [1.82, 2.24) is 5.32 Å². The highest BCUT2D eigenvalue weighted by atomic mass is 35.5. The molecule has 4 rings (SSSR count). The summed E-state index contributed by atoms with van der Waals surface area (Å²) in [6.45, 7) is 3.83. The second kappa shape index (κ2) is 8.58. The monoisotopic (exact) mass is 439 g/mol. The number of anilines is 2. The second-order valence-corrected chi connectivity index (χ2v) is 8.23. The first-order chi connectivity index (χ1) is 14.5. The third kappa shape index (κ3) is 3.98. The number of halogens is 1. The van der Waals surface area contributed by atoms with E-state index >= 15 is 0 Å². The molecule has 0 unspecified atom stereocenters. The summed E-state index contributed by atoms with van der Waals surface area (Å²) in [5.74, 6) is -0.247. The van der Waals surface area contributed by atoms with Crippen molar-refractivity contribution in [1.29, 1.82) is 0 Å². The molecule has 0 atom stereocenters. The highest BCUT2D eigenvalue weighted by Crippen LogP contribution is 2.30. The third-order valence-corrected chi connectivity index (χ3v) is 5.88. The summed E-state index contributed by atoms with van der Waals surface area (Å²) in [5, 5.41) is 2.73. The SMILES string of the molecule is Cc1cccc(N2C(=O)C(=Cc3ccc4c(c3)CCN4CCCCl)C(=O)NC2=S)c1. The first-order valence-corrected chi connectivity index (χ1v) is 10.8. The highest BCUT2D eigenvalue weighted by Gasteiger charge is 2.34. The van der Waals surface area contributed by atoms with Crippen molar-refractivity contribution in [3.63, 3.8) is 0 Å². The third-order valence-electron chi connectivity index (χ3n) is 5.33. The van der Waals surface area contributed by atoms with E-state index in [1.54, 1.807) is 12.1 Å². The number of alkyl halides is 1. The number of hydrogen-bond acceptors (Lipinski definition) is 4. The van der Waals surface area contributed by atoms with Crippen LogP contribution in [0.25, 0.3) is 6.08 Å². The van der Waals surface area contributed by atoms with Crippen molar-refractivity contribution in [2.24, 2.45) is 0 Å². The molecule has 5 nitrogen and oxygen atoms in total. The molecule has 0 aliphatic carbocycles. The van der Waals surface area contributed by atoms with Gasteiger partial charge in [-0.2, -0.15) is 0 Å². The summed E-state index contributed by atoms with van der Waals surface area (Å²) in [7, 11) is 0. The number of rotatable bonds is 5. The Balaban J connectivity index is 1.63. The fourth-order valence-corrected chi connectivity index (χ4v) is 4.29. The first kappa shape index (κ1) is 20.6. The van der Waals surface area contributed by atoms with Crippen molar-refractivity contribution >= 4 is 58.2 Å². The number of aryl methyl sites for hydroxylation is 1. The van der Waals surface area contributed by atoms with Crippen LogP contribution in [0.3, 0.4) is 0 Å². The summed E-state index contributed by atoms with van der Waals surface area (Å²) >= 11 is 11.1. The molecule has 2 aromatic rings. The first-order valence-electron chi connectivity index (χ1n) is 9.90. The lowest BCUT2D eigenvalue weighted by molar-refractivity contribution is -0.122. The van der Waals surface area contributed by atoms with Crippen LogP contribution in [0, 0.1) is 6.92 Å². The van der Waals surface area contributed by atoms with Crippen LogP contribution in [0.4, 0.5) is 11.4 Å². The number of amides is 2. The van der Waals surface area contributed by atoms with Gasteiger partial charge >= 0.3 is 0 Å². The molecular weight excluding hydrogens is 418 g/mol. The van der Waals surface area contributed by atoms with Crippen molar-refractivity contribution in [2.75, 3.05) is 28.8 Å². The van der Waals surface area contributed by atoms with Gasteiger partial charge in [0, 0.05) is 24.7 Å². The zero-order valence-electron chi connectivity index (χ0n) is 16.7. The minimum Gasteiger partial charge on any atom is -0.371 e. The van der Waals surface area contributed by atoms with E-state index in [9.17, 15) is 9.59 Å². The average Bonchev–Trinajstić information content (AvgIpc) is 3.11. The Morgan fingerprint density at radius 1 is 1.20 bits per heavy atom. The molecule has 2 aliphatic rings. The summed E-state index contributed by atoms with van der Waals surface area (Å²) in [4.78, 5) is 29.4. The van der Waals surface area contributed by atoms with Gasteiger partial charge < -0.3 is 4.90 Å². The maximum absolute atomic E-state index is 13.2. The topological polar surface area (TPSA) is 52.7 Å². The summed E-state index contributed by atoms with van der Waals surface area (Å²) < 4.78 is 0. The van der Waals surface area contributed by atoms with Gasteiger partial charge in [0.05, 0.1) is 5.69 Å². The largest absolute Gasteiger partial charge is 0.371 e. The summed E-state index contributed by atoms with van der Waals surface area (Å²) in [6, 6.07) is 13.5. The maximum Gasteiger partial charge on any atom is 0.270 e. The van der Waals surface area contributed by atoms with Crippen molar-refractivity contribution < 1.29 is 9.59 Å². The number of carbonyl (C=O) groups is 2. The van der Waals surface area contributed by atoms with E-state index in [0.29, 0.717) is 11.6 Å². The molecule has 1 fully saturated rings. The lowest BCUT2D eigenvalue weighted by Crippen LogP contribution is -2.54. The minimum absolute atomic E-state index is 0.0713. The quantitative estimate of drug-likeness (QED) is 0.333. The molecule has 7 heteroatoms. The second-order valence-electron chi connectivity index (χ2n) is 7.46. The van der Waals surface area contributed by atoms with Crippen LogP contribution in [0.1, 0.15) is 23.1 Å². The molecule has 0 saturated carbocycles. The predicted octanol–water partition coefficient (Wildman–Crippen LogP) is 3.82. The number of benzene rings is 2. The standard InChI is InChI=1S/C23H22ClN3O2S/c1-15-4-2-5-18(12-15)27-22(29)19(21(28)25-23(27)30)14-16-6-7-20-17(13-16)8-11-26(20)10-3-9-24/h2,4-7,12-14H,3,8-11H2,1H3,(H,25,28,30). The average molecular weight is 440 g/mol. The minimum atomic E-state index is -0.474. The van der Waals surface area contributed by atoms with Crippen molar-refractivity contribution in [3.8, 4) is 0 Å². The highest BCUT2D eigenvalue weighted by molar-refractivity contribution is 7.80. The molecule has 0 bridgehead atoms. The van der Waals surface area contributed by atoms with Crippen molar-refractivity contribution in [3.05, 3.63) is 64.7 Å². The van der Waals surface area contributed by atoms with E-state index in [2.05, 4.69) is 16.3 Å². The van der Waals surface area contributed by atoms with Crippen LogP contribution in [0.2, 0.25) is 0 Å². The fraction of sp³-hybridized carbons (Fsp3) is 0.261. The molecule has 0 radical (unpaired) electrons. The fourth-order valence-electron chi connectivity index (χ4n) is 3.89. The van der Waals surface area contributed by atoms with Gasteiger partial charge in [-0.1, -0.05) is 18.2 Å². The number of carbonyl (C=O) groups excluding carboxylic acids is 2. The lowest BCUT2D eigenvalue weighted by Gasteiger charge is -2.29. The zero-order valence-corrected chi connectivity index (χ0v) is 18.2. The Labute approximate surface area is 186 Å². The number of fused-ring (bicyclic) bond motifs is 1. The molecule has 0 aromatic heterocycles.